The Bertz CT molecular complexity index is 854. The van der Waals surface area contributed by atoms with Crippen LogP contribution in [0.4, 0.5) is 5.69 Å². The van der Waals surface area contributed by atoms with E-state index in [1.54, 1.807) is 38.6 Å². The highest BCUT2D eigenvalue weighted by molar-refractivity contribution is 6.30. The van der Waals surface area contributed by atoms with E-state index in [-0.39, 0.29) is 0 Å². The summed E-state index contributed by atoms with van der Waals surface area (Å²) in [5.41, 5.74) is 2.73. The highest BCUT2D eigenvalue weighted by Gasteiger charge is 2.03. The number of benzene rings is 2. The molecule has 0 bridgehead atoms. The summed E-state index contributed by atoms with van der Waals surface area (Å²) in [7, 11) is 3.27. The van der Waals surface area contributed by atoms with E-state index in [1.165, 1.54) is 0 Å². The molecule has 1 aromatic heterocycles. The van der Waals surface area contributed by atoms with E-state index in [9.17, 15) is 0 Å². The average molecular weight is 341 g/mol. The Balaban J connectivity index is 1.82. The molecule has 3 rings (SSSR count). The topological polar surface area (TPSA) is 35.8 Å². The van der Waals surface area contributed by atoms with Gasteiger partial charge in [-0.15, -0.1) is 0 Å². The molecule has 122 valence electrons. The second kappa shape index (κ2) is 7.23. The van der Waals surface area contributed by atoms with E-state index in [0.29, 0.717) is 16.5 Å². The fraction of sp³-hybridized carbons (Fsp3) is 0.105. The summed E-state index contributed by atoms with van der Waals surface area (Å²) in [5.74, 6) is 1.52. The first-order valence-corrected chi connectivity index (χ1v) is 7.77. The molecule has 3 aromatic rings. The van der Waals surface area contributed by atoms with Gasteiger partial charge in [-0.05, 0) is 48.5 Å². The Morgan fingerprint density at radius 2 is 1.79 bits per heavy atom. The molecule has 0 aliphatic rings. The highest BCUT2D eigenvalue weighted by Crippen LogP contribution is 2.30. The lowest BCUT2D eigenvalue weighted by atomic mass is 10.3. The molecule has 0 spiro atoms. The second-order valence-electron chi connectivity index (χ2n) is 5.12. The molecule has 0 amide bonds. The normalized spacial score (nSPS) is 11.0. The summed E-state index contributed by atoms with van der Waals surface area (Å²) in [6.07, 6.45) is 5.77. The quantitative estimate of drug-likeness (QED) is 0.619. The summed E-state index contributed by atoms with van der Waals surface area (Å²) >= 11 is 6.02. The van der Waals surface area contributed by atoms with Crippen molar-refractivity contribution < 1.29 is 9.47 Å². The molecule has 0 aliphatic heterocycles. The van der Waals surface area contributed by atoms with E-state index in [1.807, 2.05) is 47.3 Å². The van der Waals surface area contributed by atoms with Gasteiger partial charge < -0.3 is 14.0 Å². The Morgan fingerprint density at radius 3 is 2.50 bits per heavy atom. The van der Waals surface area contributed by atoms with Crippen molar-refractivity contribution in [2.24, 2.45) is 4.99 Å². The van der Waals surface area contributed by atoms with Gasteiger partial charge in [0.2, 0.25) is 0 Å². The van der Waals surface area contributed by atoms with E-state index >= 15 is 0 Å². The Kier molecular flexibility index (Phi) is 4.87. The third-order valence-corrected chi connectivity index (χ3v) is 3.82. The van der Waals surface area contributed by atoms with E-state index in [0.717, 1.165) is 17.0 Å². The number of halogens is 1. The van der Waals surface area contributed by atoms with Gasteiger partial charge in [0.25, 0.3) is 0 Å². The van der Waals surface area contributed by atoms with Gasteiger partial charge in [0.05, 0.1) is 14.2 Å². The Morgan fingerprint density at radius 1 is 1.00 bits per heavy atom. The van der Waals surface area contributed by atoms with Crippen LogP contribution in [-0.2, 0) is 0 Å². The zero-order valence-electron chi connectivity index (χ0n) is 13.4. The number of aromatic nitrogens is 1. The maximum absolute atomic E-state index is 6.02. The van der Waals surface area contributed by atoms with Gasteiger partial charge in [0.15, 0.2) is 0 Å². The maximum Gasteiger partial charge on any atom is 0.144 e. The number of aliphatic imine (C=N–C) groups is 1. The van der Waals surface area contributed by atoms with Crippen molar-refractivity contribution in [3.05, 3.63) is 71.5 Å². The molecular weight excluding hydrogens is 324 g/mol. The zero-order valence-corrected chi connectivity index (χ0v) is 14.2. The molecule has 24 heavy (non-hydrogen) atoms. The van der Waals surface area contributed by atoms with Crippen LogP contribution in [0.5, 0.6) is 11.5 Å². The van der Waals surface area contributed by atoms with Crippen LogP contribution in [-0.4, -0.2) is 25.0 Å². The monoisotopic (exact) mass is 340 g/mol. The smallest absolute Gasteiger partial charge is 0.144 e. The maximum atomic E-state index is 6.02. The van der Waals surface area contributed by atoms with Crippen LogP contribution in [0.25, 0.3) is 5.69 Å². The van der Waals surface area contributed by atoms with Crippen LogP contribution in [0.1, 0.15) is 5.56 Å². The summed E-state index contributed by atoms with van der Waals surface area (Å²) in [4.78, 5) is 4.47. The van der Waals surface area contributed by atoms with Crippen molar-refractivity contribution in [2.45, 2.75) is 0 Å². The highest BCUT2D eigenvalue weighted by atomic mass is 35.5. The number of rotatable bonds is 5. The summed E-state index contributed by atoms with van der Waals surface area (Å²) in [6.45, 7) is 0. The minimum absolute atomic E-state index is 0.624. The van der Waals surface area contributed by atoms with Gasteiger partial charge in [0, 0.05) is 34.9 Å². The first-order chi connectivity index (χ1) is 11.7. The average Bonchev–Trinajstić information content (AvgIpc) is 3.09. The summed E-state index contributed by atoms with van der Waals surface area (Å²) in [5, 5.41) is 0.624. The van der Waals surface area contributed by atoms with Crippen molar-refractivity contribution in [3.8, 4) is 17.2 Å². The third-order valence-electron chi connectivity index (χ3n) is 3.58. The van der Waals surface area contributed by atoms with Gasteiger partial charge in [-0.2, -0.15) is 0 Å². The van der Waals surface area contributed by atoms with E-state index in [4.69, 9.17) is 21.1 Å². The summed E-state index contributed by atoms with van der Waals surface area (Å²) < 4.78 is 12.5. The largest absolute Gasteiger partial charge is 0.497 e. The van der Waals surface area contributed by atoms with Gasteiger partial charge >= 0.3 is 0 Å². The van der Waals surface area contributed by atoms with Crippen LogP contribution in [0, 0.1) is 0 Å². The van der Waals surface area contributed by atoms with Crippen LogP contribution in [0.3, 0.4) is 0 Å². The molecule has 5 heteroatoms. The lowest BCUT2D eigenvalue weighted by molar-refractivity contribution is 0.414. The fourth-order valence-corrected chi connectivity index (χ4v) is 2.48. The molecule has 2 aromatic carbocycles. The van der Waals surface area contributed by atoms with Crippen molar-refractivity contribution in [1.29, 1.82) is 0 Å². The molecule has 0 unspecified atom stereocenters. The van der Waals surface area contributed by atoms with Gasteiger partial charge in [0.1, 0.15) is 17.2 Å². The number of nitrogens with zero attached hydrogens (tertiary/aromatic N) is 2. The van der Waals surface area contributed by atoms with Gasteiger partial charge in [-0.3, -0.25) is 4.99 Å². The van der Waals surface area contributed by atoms with E-state index in [2.05, 4.69) is 4.99 Å². The predicted molar refractivity (Wildman–Crippen MR) is 97.6 cm³/mol. The number of hydrogen-bond acceptors (Lipinski definition) is 3. The molecule has 4 nitrogen and oxygen atoms in total. The second-order valence-corrected chi connectivity index (χ2v) is 5.56. The standard InChI is InChI=1S/C19H17ClN2O2/c1-23-17-6-4-16(5-7-17)22-10-9-14(13-22)12-21-18-11-15(20)3-8-19(18)24-2/h3-13H,1-2H3. The lowest BCUT2D eigenvalue weighted by Gasteiger charge is -2.04. The molecule has 1 heterocycles. The van der Waals surface area contributed by atoms with Crippen LogP contribution in [0.15, 0.2) is 65.9 Å². The predicted octanol–water partition coefficient (Wildman–Crippen LogP) is 4.90. The van der Waals surface area contributed by atoms with Crippen molar-refractivity contribution in [3.63, 3.8) is 0 Å². The fourth-order valence-electron chi connectivity index (χ4n) is 2.31. The molecule has 0 atom stereocenters. The number of hydrogen-bond donors (Lipinski definition) is 0. The van der Waals surface area contributed by atoms with Crippen molar-refractivity contribution >= 4 is 23.5 Å². The van der Waals surface area contributed by atoms with Crippen LogP contribution in [0.2, 0.25) is 5.02 Å². The van der Waals surface area contributed by atoms with Crippen molar-refractivity contribution in [2.75, 3.05) is 14.2 Å². The van der Waals surface area contributed by atoms with Crippen LogP contribution < -0.4 is 9.47 Å². The third kappa shape index (κ3) is 3.60. The molecule has 0 fully saturated rings. The molecule has 0 saturated carbocycles. The van der Waals surface area contributed by atoms with Crippen molar-refractivity contribution in [1.82, 2.24) is 4.57 Å². The Labute approximate surface area is 145 Å². The zero-order chi connectivity index (χ0) is 16.9. The molecule has 0 radical (unpaired) electrons. The Hall–Kier alpha value is -2.72. The number of methoxy groups -OCH3 is 2. The molecular formula is C19H17ClN2O2. The van der Waals surface area contributed by atoms with Gasteiger partial charge in [-0.25, -0.2) is 0 Å². The minimum Gasteiger partial charge on any atom is -0.497 e. The summed E-state index contributed by atoms with van der Waals surface area (Å²) in [6, 6.07) is 15.2. The SMILES string of the molecule is COc1ccc(-n2ccc(C=Nc3cc(Cl)ccc3OC)c2)cc1. The number of ether oxygens (including phenoxy) is 2. The van der Waals surface area contributed by atoms with Crippen LogP contribution >= 0.6 is 11.6 Å². The first kappa shape index (κ1) is 16.1. The van der Waals surface area contributed by atoms with Gasteiger partial charge in [-0.1, -0.05) is 11.6 Å². The molecule has 0 saturated heterocycles. The lowest BCUT2D eigenvalue weighted by Crippen LogP contribution is -1.90. The first-order valence-electron chi connectivity index (χ1n) is 7.39. The molecule has 0 N–H and O–H groups in total. The minimum atomic E-state index is 0.624. The van der Waals surface area contributed by atoms with E-state index < -0.39 is 0 Å². The molecule has 0 aliphatic carbocycles.